The summed E-state index contributed by atoms with van der Waals surface area (Å²) in [5, 5.41) is 0. The van der Waals surface area contributed by atoms with Gasteiger partial charge in [0, 0.05) is 22.1 Å². The molecule has 230 valence electrons. The molecule has 2 aliphatic carbocycles. The van der Waals surface area contributed by atoms with Crippen LogP contribution in [-0.4, -0.2) is 9.97 Å². The molecule has 9 rings (SSSR count). The third-order valence-corrected chi connectivity index (χ3v) is 10.5. The highest BCUT2D eigenvalue weighted by atomic mass is 14.9. The van der Waals surface area contributed by atoms with E-state index in [-0.39, 0.29) is 5.41 Å². The van der Waals surface area contributed by atoms with E-state index in [4.69, 9.17) is 9.97 Å². The summed E-state index contributed by atoms with van der Waals surface area (Å²) in [5.74, 6) is 0.741. The molecule has 2 heteroatoms. The van der Waals surface area contributed by atoms with Gasteiger partial charge in [-0.2, -0.15) is 0 Å². The van der Waals surface area contributed by atoms with Gasteiger partial charge < -0.3 is 0 Å². The van der Waals surface area contributed by atoms with Gasteiger partial charge in [0.2, 0.25) is 0 Å². The number of nitrogens with zero attached hydrogens (tertiary/aromatic N) is 2. The molecule has 6 aromatic carbocycles. The lowest BCUT2D eigenvalue weighted by atomic mass is 9.67. The second kappa shape index (κ2) is 11.9. The maximum Gasteiger partial charge on any atom is 0.161 e. The molecular weight excluding hydrogens is 581 g/mol. The van der Waals surface area contributed by atoms with Crippen LogP contribution in [0.2, 0.25) is 0 Å². The third-order valence-electron chi connectivity index (χ3n) is 10.5. The number of hydrogen-bond donors (Lipinski definition) is 0. The molecule has 1 spiro atoms. The first-order valence-corrected chi connectivity index (χ1v) is 17.2. The van der Waals surface area contributed by atoms with Gasteiger partial charge in [-0.15, -0.1) is 0 Å². The maximum atomic E-state index is 5.27. The van der Waals surface area contributed by atoms with Crippen LogP contribution in [0.25, 0.3) is 67.3 Å². The Morgan fingerprint density at radius 3 is 1.56 bits per heavy atom. The monoisotopic (exact) mass is 616 g/mol. The van der Waals surface area contributed by atoms with E-state index in [9.17, 15) is 0 Å². The van der Waals surface area contributed by atoms with Gasteiger partial charge >= 0.3 is 0 Å². The normalized spacial score (nSPS) is 14.4. The molecule has 1 fully saturated rings. The largest absolute Gasteiger partial charge is 0.228 e. The highest BCUT2D eigenvalue weighted by Crippen LogP contribution is 2.56. The van der Waals surface area contributed by atoms with Gasteiger partial charge in [-0.25, -0.2) is 9.97 Å². The second-order valence-corrected chi connectivity index (χ2v) is 13.3. The molecule has 48 heavy (non-hydrogen) atoms. The summed E-state index contributed by atoms with van der Waals surface area (Å²) < 4.78 is 0. The summed E-state index contributed by atoms with van der Waals surface area (Å²) >= 11 is 0. The summed E-state index contributed by atoms with van der Waals surface area (Å²) in [4.78, 5) is 10.5. The zero-order valence-electron chi connectivity index (χ0n) is 26.9. The lowest BCUT2D eigenvalue weighted by molar-refractivity contribution is 0.353. The fourth-order valence-electron chi connectivity index (χ4n) is 8.18. The summed E-state index contributed by atoms with van der Waals surface area (Å²) in [5.41, 5.74) is 15.8. The topological polar surface area (TPSA) is 25.8 Å². The lowest BCUT2D eigenvalue weighted by Gasteiger charge is -2.36. The summed E-state index contributed by atoms with van der Waals surface area (Å²) in [7, 11) is 0. The van der Waals surface area contributed by atoms with Crippen molar-refractivity contribution in [1.82, 2.24) is 9.97 Å². The molecule has 1 heterocycles. The minimum absolute atomic E-state index is 0.109. The lowest BCUT2D eigenvalue weighted by Crippen LogP contribution is -2.28. The van der Waals surface area contributed by atoms with Gasteiger partial charge in [0.15, 0.2) is 5.82 Å². The van der Waals surface area contributed by atoms with Gasteiger partial charge in [0.05, 0.1) is 11.4 Å². The molecule has 0 aliphatic heterocycles. The van der Waals surface area contributed by atoms with Crippen LogP contribution < -0.4 is 0 Å². The smallest absolute Gasteiger partial charge is 0.161 e. The van der Waals surface area contributed by atoms with Crippen LogP contribution in [-0.2, 0) is 5.41 Å². The minimum atomic E-state index is 0.109. The van der Waals surface area contributed by atoms with Gasteiger partial charge in [-0.1, -0.05) is 165 Å². The molecule has 0 saturated heterocycles. The maximum absolute atomic E-state index is 5.27. The molecule has 1 saturated carbocycles. The van der Waals surface area contributed by atoms with Crippen LogP contribution in [0.4, 0.5) is 0 Å². The fourth-order valence-corrected chi connectivity index (χ4v) is 8.18. The first-order chi connectivity index (χ1) is 23.8. The highest BCUT2D eigenvalue weighted by molar-refractivity contribution is 5.88. The van der Waals surface area contributed by atoms with Gasteiger partial charge in [0.25, 0.3) is 0 Å². The summed E-state index contributed by atoms with van der Waals surface area (Å²) in [6.07, 6.45) is 6.33. The molecular formula is C46H36N2. The number of rotatable bonds is 5. The van der Waals surface area contributed by atoms with Crippen molar-refractivity contribution in [1.29, 1.82) is 0 Å². The van der Waals surface area contributed by atoms with E-state index in [1.807, 2.05) is 0 Å². The van der Waals surface area contributed by atoms with Gasteiger partial charge in [0.1, 0.15) is 0 Å². The van der Waals surface area contributed by atoms with Crippen LogP contribution in [0.3, 0.4) is 0 Å². The minimum Gasteiger partial charge on any atom is -0.228 e. The average molecular weight is 617 g/mol. The van der Waals surface area contributed by atoms with E-state index < -0.39 is 0 Å². The Kier molecular flexibility index (Phi) is 7.08. The van der Waals surface area contributed by atoms with Gasteiger partial charge in [-0.3, -0.25) is 0 Å². The molecule has 2 aliphatic rings. The molecule has 0 amide bonds. The predicted molar refractivity (Wildman–Crippen MR) is 199 cm³/mol. The van der Waals surface area contributed by atoms with Crippen molar-refractivity contribution < 1.29 is 0 Å². The van der Waals surface area contributed by atoms with Crippen LogP contribution in [0, 0.1) is 0 Å². The Bertz CT molecular complexity index is 2250. The van der Waals surface area contributed by atoms with Crippen molar-refractivity contribution in [2.45, 2.75) is 37.5 Å². The van der Waals surface area contributed by atoms with E-state index in [1.165, 1.54) is 71.0 Å². The van der Waals surface area contributed by atoms with E-state index >= 15 is 0 Å². The van der Waals surface area contributed by atoms with Gasteiger partial charge in [-0.05, 0) is 69.5 Å². The molecule has 7 aromatic rings. The third kappa shape index (κ3) is 4.88. The van der Waals surface area contributed by atoms with Crippen molar-refractivity contribution in [2.75, 3.05) is 0 Å². The SMILES string of the molecule is c1ccc(-c2ccc(-c3cc(-c4ccccc4)nc(-c4ccccc4-c4ccc5c(c4)C4(CCCCC4)c4ccccc4-5)n3)cc2)cc1. The highest BCUT2D eigenvalue weighted by Gasteiger charge is 2.43. The molecule has 1 aromatic heterocycles. The first kappa shape index (κ1) is 28.6. The molecule has 0 bridgehead atoms. The molecule has 0 atom stereocenters. The van der Waals surface area contributed by atoms with Crippen molar-refractivity contribution in [3.63, 3.8) is 0 Å². The van der Waals surface area contributed by atoms with Crippen molar-refractivity contribution >= 4 is 0 Å². The molecule has 0 radical (unpaired) electrons. The van der Waals surface area contributed by atoms with Crippen molar-refractivity contribution in [3.05, 3.63) is 169 Å². The van der Waals surface area contributed by atoms with E-state index in [0.29, 0.717) is 0 Å². The van der Waals surface area contributed by atoms with Crippen molar-refractivity contribution in [2.24, 2.45) is 0 Å². The quantitative estimate of drug-likeness (QED) is 0.192. The Morgan fingerprint density at radius 1 is 0.354 bits per heavy atom. The average Bonchev–Trinajstić information content (AvgIpc) is 3.43. The zero-order chi connectivity index (χ0) is 31.9. The molecule has 0 N–H and O–H groups in total. The summed E-state index contributed by atoms with van der Waals surface area (Å²) in [6, 6.07) is 56.8. The number of aromatic nitrogens is 2. The first-order valence-electron chi connectivity index (χ1n) is 17.2. The van der Waals surface area contributed by atoms with Crippen molar-refractivity contribution in [3.8, 4) is 67.3 Å². The zero-order valence-corrected chi connectivity index (χ0v) is 26.9. The fraction of sp³-hybridized carbons (Fsp3) is 0.130. The predicted octanol–water partition coefficient (Wildman–Crippen LogP) is 12.0. The number of benzene rings is 6. The standard InChI is InChI=1S/C46H36N2/c1-4-14-32(15-5-1)33-22-24-35(25-23-33)44-31-43(34-16-6-2-7-17-34)47-45(48-44)40-20-9-8-18-37(40)36-26-27-39-38-19-10-11-21-41(38)46(42(39)30-36)28-12-3-13-29-46/h1-2,4-11,14-27,30-31H,3,12-13,28-29H2. The van der Waals surface area contributed by atoms with Crippen LogP contribution in [0.5, 0.6) is 0 Å². The van der Waals surface area contributed by atoms with Crippen LogP contribution in [0.15, 0.2) is 158 Å². The van der Waals surface area contributed by atoms with E-state index in [2.05, 4.69) is 158 Å². The number of hydrogen-bond acceptors (Lipinski definition) is 2. The second-order valence-electron chi connectivity index (χ2n) is 13.3. The molecule has 0 unspecified atom stereocenters. The van der Waals surface area contributed by atoms with E-state index in [0.717, 1.165) is 39.5 Å². The Labute approximate surface area is 282 Å². The van der Waals surface area contributed by atoms with Crippen LogP contribution in [0.1, 0.15) is 43.2 Å². The Hall–Kier alpha value is -5.60. The Balaban J connectivity index is 1.18. The Morgan fingerprint density at radius 2 is 0.854 bits per heavy atom. The molecule has 2 nitrogen and oxygen atoms in total. The summed E-state index contributed by atoms with van der Waals surface area (Å²) in [6.45, 7) is 0. The van der Waals surface area contributed by atoms with E-state index in [1.54, 1.807) is 0 Å². The number of fused-ring (bicyclic) bond motifs is 5. The van der Waals surface area contributed by atoms with Crippen LogP contribution >= 0.6 is 0 Å².